The third kappa shape index (κ3) is 4.76. The Balaban J connectivity index is 1.42. The van der Waals surface area contributed by atoms with Gasteiger partial charge < -0.3 is 10.2 Å². The smallest absolute Gasteiger partial charge is 0.234 e. The summed E-state index contributed by atoms with van der Waals surface area (Å²) in [7, 11) is 0. The summed E-state index contributed by atoms with van der Waals surface area (Å²) < 4.78 is 0.988. The Labute approximate surface area is 148 Å². The molecule has 7 heteroatoms. The molecule has 0 aromatic carbocycles. The molecule has 3 heterocycles. The quantitative estimate of drug-likeness (QED) is 0.845. The zero-order chi connectivity index (χ0) is 16.1. The molecule has 0 bridgehead atoms. The van der Waals surface area contributed by atoms with Gasteiger partial charge in [-0.3, -0.25) is 9.69 Å². The maximum Gasteiger partial charge on any atom is 0.234 e. The van der Waals surface area contributed by atoms with Gasteiger partial charge in [-0.15, -0.1) is 11.3 Å². The van der Waals surface area contributed by atoms with Crippen LogP contribution in [0.25, 0.3) is 0 Å². The van der Waals surface area contributed by atoms with Crippen molar-refractivity contribution in [3.63, 3.8) is 0 Å². The number of carbonyl (C=O) groups excluding carboxylic acids is 1. The lowest BCUT2D eigenvalue weighted by Gasteiger charge is -2.35. The number of hydrogen-bond donors (Lipinski definition) is 1. The molecule has 5 nitrogen and oxygen atoms in total. The minimum Gasteiger partial charge on any atom is -0.354 e. The van der Waals surface area contributed by atoms with Crippen molar-refractivity contribution in [1.82, 2.24) is 15.2 Å². The minimum absolute atomic E-state index is 0.0913. The Kier molecular flexibility index (Phi) is 5.64. The second kappa shape index (κ2) is 7.90. The summed E-state index contributed by atoms with van der Waals surface area (Å²) >= 11 is 5.07. The largest absolute Gasteiger partial charge is 0.354 e. The van der Waals surface area contributed by atoms with Gasteiger partial charge in [-0.25, -0.2) is 4.98 Å². The number of pyridine rings is 1. The van der Waals surface area contributed by atoms with E-state index in [1.807, 2.05) is 35.8 Å². The first-order valence-corrected chi connectivity index (χ1v) is 9.26. The van der Waals surface area contributed by atoms with Crippen LogP contribution in [0.15, 0.2) is 40.3 Å². The maximum atomic E-state index is 12.0. The highest BCUT2D eigenvalue weighted by Gasteiger charge is 2.19. The van der Waals surface area contributed by atoms with E-state index < -0.39 is 0 Å². The number of carbonyl (C=O) groups is 1. The molecule has 0 spiro atoms. The number of aromatic nitrogens is 1. The summed E-state index contributed by atoms with van der Waals surface area (Å²) in [5.41, 5.74) is 0. The van der Waals surface area contributed by atoms with Crippen LogP contribution in [0, 0.1) is 0 Å². The van der Waals surface area contributed by atoms with Crippen LogP contribution in [-0.2, 0) is 11.3 Å². The second-order valence-electron chi connectivity index (χ2n) is 5.45. The highest BCUT2D eigenvalue weighted by molar-refractivity contribution is 9.10. The summed E-state index contributed by atoms with van der Waals surface area (Å²) in [6, 6.07) is 8.07. The van der Waals surface area contributed by atoms with Gasteiger partial charge in [0.1, 0.15) is 5.82 Å². The number of halogens is 1. The SMILES string of the molecule is O=C(CN1CCN(c2ccc(Br)cn2)CC1)NCc1cccs1. The van der Waals surface area contributed by atoms with Crippen LogP contribution < -0.4 is 10.2 Å². The molecule has 0 atom stereocenters. The second-order valence-corrected chi connectivity index (χ2v) is 7.40. The van der Waals surface area contributed by atoms with E-state index in [1.54, 1.807) is 11.3 Å². The average molecular weight is 395 g/mol. The number of piperazine rings is 1. The summed E-state index contributed by atoms with van der Waals surface area (Å²) in [5, 5.41) is 5.00. The van der Waals surface area contributed by atoms with Crippen LogP contribution in [-0.4, -0.2) is 48.5 Å². The summed E-state index contributed by atoms with van der Waals surface area (Å²) in [5.74, 6) is 1.09. The predicted octanol–water partition coefficient (Wildman–Crippen LogP) is 2.34. The molecule has 122 valence electrons. The Morgan fingerprint density at radius 3 is 2.74 bits per heavy atom. The lowest BCUT2D eigenvalue weighted by Crippen LogP contribution is -2.49. The molecule has 1 saturated heterocycles. The topological polar surface area (TPSA) is 48.5 Å². The van der Waals surface area contributed by atoms with Gasteiger partial charge in [0.05, 0.1) is 13.1 Å². The molecule has 1 fully saturated rings. The zero-order valence-electron chi connectivity index (χ0n) is 12.7. The van der Waals surface area contributed by atoms with Crippen LogP contribution in [0.4, 0.5) is 5.82 Å². The highest BCUT2D eigenvalue weighted by Crippen LogP contribution is 2.16. The normalized spacial score (nSPS) is 15.6. The molecule has 2 aromatic heterocycles. The van der Waals surface area contributed by atoms with Gasteiger partial charge in [0.2, 0.25) is 5.91 Å². The van der Waals surface area contributed by atoms with Crippen LogP contribution >= 0.6 is 27.3 Å². The van der Waals surface area contributed by atoms with Crippen molar-refractivity contribution in [3.8, 4) is 0 Å². The van der Waals surface area contributed by atoms with E-state index in [0.717, 1.165) is 36.5 Å². The third-order valence-corrected chi connectivity index (χ3v) is 5.16. The van der Waals surface area contributed by atoms with Crippen molar-refractivity contribution in [2.24, 2.45) is 0 Å². The molecule has 3 rings (SSSR count). The van der Waals surface area contributed by atoms with Crippen molar-refractivity contribution >= 4 is 39.0 Å². The number of thiophene rings is 1. The van der Waals surface area contributed by atoms with E-state index in [0.29, 0.717) is 13.1 Å². The number of nitrogens with zero attached hydrogens (tertiary/aromatic N) is 3. The lowest BCUT2D eigenvalue weighted by molar-refractivity contribution is -0.122. The van der Waals surface area contributed by atoms with Gasteiger partial charge in [0, 0.05) is 41.7 Å². The monoisotopic (exact) mass is 394 g/mol. The fourth-order valence-electron chi connectivity index (χ4n) is 2.55. The van der Waals surface area contributed by atoms with Crippen molar-refractivity contribution in [2.75, 3.05) is 37.6 Å². The maximum absolute atomic E-state index is 12.0. The molecule has 0 radical (unpaired) electrons. The van der Waals surface area contributed by atoms with Crippen molar-refractivity contribution in [3.05, 3.63) is 45.2 Å². The van der Waals surface area contributed by atoms with E-state index >= 15 is 0 Å². The Morgan fingerprint density at radius 1 is 1.26 bits per heavy atom. The Morgan fingerprint density at radius 2 is 2.09 bits per heavy atom. The predicted molar refractivity (Wildman–Crippen MR) is 96.8 cm³/mol. The number of hydrogen-bond acceptors (Lipinski definition) is 5. The van der Waals surface area contributed by atoms with Crippen LogP contribution in [0.3, 0.4) is 0 Å². The summed E-state index contributed by atoms with van der Waals surface area (Å²) in [6.45, 7) is 4.64. The van der Waals surface area contributed by atoms with Crippen LogP contribution in [0.2, 0.25) is 0 Å². The molecular weight excluding hydrogens is 376 g/mol. The van der Waals surface area contributed by atoms with Gasteiger partial charge in [-0.05, 0) is 39.5 Å². The van der Waals surface area contributed by atoms with Gasteiger partial charge in [0.25, 0.3) is 0 Å². The standard InChI is InChI=1S/C16H19BrN4OS/c17-13-3-4-15(18-10-13)21-7-5-20(6-8-21)12-16(22)19-11-14-2-1-9-23-14/h1-4,9-10H,5-8,11-12H2,(H,19,22). The third-order valence-electron chi connectivity index (χ3n) is 3.82. The van der Waals surface area contributed by atoms with Gasteiger partial charge in [0.15, 0.2) is 0 Å². The number of nitrogens with one attached hydrogen (secondary N) is 1. The Hall–Kier alpha value is -1.44. The number of anilines is 1. The van der Waals surface area contributed by atoms with Gasteiger partial charge >= 0.3 is 0 Å². The molecule has 1 aliphatic rings. The van der Waals surface area contributed by atoms with E-state index in [9.17, 15) is 4.79 Å². The van der Waals surface area contributed by atoms with E-state index in [4.69, 9.17) is 0 Å². The molecule has 1 N–H and O–H groups in total. The van der Waals surface area contributed by atoms with E-state index in [2.05, 4.69) is 36.0 Å². The molecule has 0 saturated carbocycles. The van der Waals surface area contributed by atoms with Gasteiger partial charge in [-0.2, -0.15) is 0 Å². The molecular formula is C16H19BrN4OS. The Bertz CT molecular complexity index is 624. The summed E-state index contributed by atoms with van der Waals surface area (Å²) in [6.07, 6.45) is 1.82. The fraction of sp³-hybridized carbons (Fsp3) is 0.375. The van der Waals surface area contributed by atoms with Gasteiger partial charge in [-0.1, -0.05) is 6.07 Å². The first-order valence-electron chi connectivity index (χ1n) is 7.58. The fourth-order valence-corrected chi connectivity index (χ4v) is 3.43. The number of amides is 1. The van der Waals surface area contributed by atoms with E-state index in [-0.39, 0.29) is 5.91 Å². The van der Waals surface area contributed by atoms with Crippen molar-refractivity contribution in [1.29, 1.82) is 0 Å². The molecule has 0 unspecified atom stereocenters. The summed E-state index contributed by atoms with van der Waals surface area (Å²) in [4.78, 5) is 22.1. The van der Waals surface area contributed by atoms with Crippen LogP contribution in [0.5, 0.6) is 0 Å². The van der Waals surface area contributed by atoms with Crippen molar-refractivity contribution < 1.29 is 4.79 Å². The van der Waals surface area contributed by atoms with Crippen LogP contribution in [0.1, 0.15) is 4.88 Å². The zero-order valence-corrected chi connectivity index (χ0v) is 15.1. The highest BCUT2D eigenvalue weighted by atomic mass is 79.9. The van der Waals surface area contributed by atoms with Crippen molar-refractivity contribution in [2.45, 2.75) is 6.54 Å². The number of rotatable bonds is 5. The average Bonchev–Trinajstić information content (AvgIpc) is 3.08. The molecule has 2 aromatic rings. The molecule has 23 heavy (non-hydrogen) atoms. The first-order chi connectivity index (χ1) is 11.2. The first kappa shape index (κ1) is 16.4. The molecule has 1 aliphatic heterocycles. The lowest BCUT2D eigenvalue weighted by atomic mass is 10.3. The molecule has 0 aliphatic carbocycles. The minimum atomic E-state index is 0.0913. The molecule has 1 amide bonds. The van der Waals surface area contributed by atoms with E-state index in [1.165, 1.54) is 4.88 Å².